The van der Waals surface area contributed by atoms with Crippen molar-refractivity contribution in [3.05, 3.63) is 0 Å². The lowest BCUT2D eigenvalue weighted by atomic mass is 10.3. The molecule has 0 saturated carbocycles. The third-order valence-electron chi connectivity index (χ3n) is 1.14. The molecule has 3 nitrogen and oxygen atoms in total. The highest BCUT2D eigenvalue weighted by atomic mass is 28.4. The standard InChI is InChI=1S/C7H16O3Si/c1-5-6(7(8)9)10-11(2,3)4/h6H,5H2,1-4H3,(H,8,9). The molecule has 0 spiro atoms. The summed E-state index contributed by atoms with van der Waals surface area (Å²) in [6, 6.07) is 0. The van der Waals surface area contributed by atoms with Gasteiger partial charge in [-0.05, 0) is 26.1 Å². The van der Waals surface area contributed by atoms with Gasteiger partial charge < -0.3 is 9.53 Å². The summed E-state index contributed by atoms with van der Waals surface area (Å²) in [6.07, 6.45) is -0.0683. The van der Waals surface area contributed by atoms with E-state index in [9.17, 15) is 4.79 Å². The second-order valence-electron chi connectivity index (χ2n) is 3.47. The van der Waals surface area contributed by atoms with Gasteiger partial charge in [0, 0.05) is 0 Å². The van der Waals surface area contributed by atoms with Gasteiger partial charge in [-0.15, -0.1) is 0 Å². The summed E-state index contributed by atoms with van der Waals surface area (Å²) < 4.78 is 5.39. The van der Waals surface area contributed by atoms with Gasteiger partial charge in [-0.1, -0.05) is 6.92 Å². The van der Waals surface area contributed by atoms with Gasteiger partial charge in [-0.25, -0.2) is 4.79 Å². The highest BCUT2D eigenvalue weighted by Gasteiger charge is 2.24. The molecule has 0 fully saturated rings. The molecule has 0 aromatic heterocycles. The topological polar surface area (TPSA) is 46.5 Å². The Morgan fingerprint density at radius 1 is 1.55 bits per heavy atom. The Morgan fingerprint density at radius 3 is 2.09 bits per heavy atom. The molecule has 0 aromatic rings. The maximum Gasteiger partial charge on any atom is 0.331 e. The third-order valence-corrected chi connectivity index (χ3v) is 2.13. The maximum atomic E-state index is 10.5. The Morgan fingerprint density at radius 2 is 2.00 bits per heavy atom. The highest BCUT2D eigenvalue weighted by molar-refractivity contribution is 6.69. The van der Waals surface area contributed by atoms with E-state index in [1.54, 1.807) is 0 Å². The summed E-state index contributed by atoms with van der Waals surface area (Å²) in [5, 5.41) is 8.63. The molecule has 1 unspecified atom stereocenters. The minimum atomic E-state index is -1.68. The average molecular weight is 176 g/mol. The van der Waals surface area contributed by atoms with E-state index in [2.05, 4.69) is 0 Å². The van der Waals surface area contributed by atoms with Crippen LogP contribution in [0.15, 0.2) is 0 Å². The zero-order valence-corrected chi connectivity index (χ0v) is 8.55. The summed E-state index contributed by atoms with van der Waals surface area (Å²) in [5.41, 5.74) is 0. The fourth-order valence-electron chi connectivity index (χ4n) is 0.735. The van der Waals surface area contributed by atoms with Crippen LogP contribution in [0.2, 0.25) is 19.6 Å². The van der Waals surface area contributed by atoms with Crippen LogP contribution in [-0.2, 0) is 9.22 Å². The summed E-state index contributed by atoms with van der Waals surface area (Å²) in [5.74, 6) is -0.852. The number of rotatable bonds is 4. The zero-order valence-electron chi connectivity index (χ0n) is 7.55. The summed E-state index contributed by atoms with van der Waals surface area (Å²) in [4.78, 5) is 10.5. The van der Waals surface area contributed by atoms with Crippen molar-refractivity contribution in [3.63, 3.8) is 0 Å². The Bertz CT molecular complexity index is 139. The number of aliphatic carboxylic acids is 1. The lowest BCUT2D eigenvalue weighted by Gasteiger charge is -2.22. The molecule has 0 aromatic carbocycles. The first-order valence-electron chi connectivity index (χ1n) is 3.77. The van der Waals surface area contributed by atoms with Crippen LogP contribution in [0.3, 0.4) is 0 Å². The Kier molecular flexibility index (Phi) is 3.75. The quantitative estimate of drug-likeness (QED) is 0.663. The average Bonchev–Trinajstić information content (AvgIpc) is 1.80. The highest BCUT2D eigenvalue weighted by Crippen LogP contribution is 2.09. The molecule has 66 valence electrons. The van der Waals surface area contributed by atoms with Gasteiger partial charge in [0.15, 0.2) is 8.32 Å². The van der Waals surface area contributed by atoms with Gasteiger partial charge in [0.25, 0.3) is 0 Å². The first-order chi connectivity index (χ1) is 4.87. The second kappa shape index (κ2) is 3.87. The van der Waals surface area contributed by atoms with Crippen LogP contribution in [0.5, 0.6) is 0 Å². The van der Waals surface area contributed by atoms with Crippen molar-refractivity contribution in [2.45, 2.75) is 39.1 Å². The molecule has 0 rings (SSSR count). The van der Waals surface area contributed by atoms with Crippen LogP contribution < -0.4 is 0 Å². The lowest BCUT2D eigenvalue weighted by Crippen LogP contribution is -2.36. The predicted molar refractivity (Wildman–Crippen MR) is 46.1 cm³/mol. The Labute approximate surface area is 68.5 Å². The first-order valence-corrected chi connectivity index (χ1v) is 7.18. The molecule has 1 N–H and O–H groups in total. The largest absolute Gasteiger partial charge is 0.479 e. The monoisotopic (exact) mass is 176 g/mol. The number of carboxylic acids is 1. The van der Waals surface area contributed by atoms with Crippen LogP contribution in [0, 0.1) is 0 Å². The van der Waals surface area contributed by atoms with Gasteiger partial charge >= 0.3 is 5.97 Å². The molecule has 1 atom stereocenters. The van der Waals surface area contributed by atoms with Crippen LogP contribution in [0.25, 0.3) is 0 Å². The van der Waals surface area contributed by atoms with Gasteiger partial charge in [-0.2, -0.15) is 0 Å². The Hall–Kier alpha value is -0.353. The molecule has 11 heavy (non-hydrogen) atoms. The van der Waals surface area contributed by atoms with Crippen LogP contribution >= 0.6 is 0 Å². The first kappa shape index (κ1) is 10.6. The van der Waals surface area contributed by atoms with Gasteiger partial charge in [0.05, 0.1) is 0 Å². The molecule has 0 heterocycles. The van der Waals surface area contributed by atoms with Gasteiger partial charge in [0.2, 0.25) is 0 Å². The fourth-order valence-corrected chi connectivity index (χ4v) is 1.86. The summed E-state index contributed by atoms with van der Waals surface area (Å²) in [7, 11) is -1.68. The van der Waals surface area contributed by atoms with Crippen molar-refractivity contribution in [1.29, 1.82) is 0 Å². The van der Waals surface area contributed by atoms with E-state index in [0.717, 1.165) is 0 Å². The van der Waals surface area contributed by atoms with E-state index in [-0.39, 0.29) is 0 Å². The van der Waals surface area contributed by atoms with E-state index in [4.69, 9.17) is 9.53 Å². The molecule has 0 amide bonds. The van der Waals surface area contributed by atoms with Crippen molar-refractivity contribution >= 4 is 14.3 Å². The lowest BCUT2D eigenvalue weighted by molar-refractivity contribution is -0.145. The van der Waals surface area contributed by atoms with E-state index < -0.39 is 20.4 Å². The molecule has 0 aliphatic rings. The summed E-state index contributed by atoms with van der Waals surface area (Å²) in [6.45, 7) is 7.77. The molecular formula is C7H16O3Si. The van der Waals surface area contributed by atoms with Crippen molar-refractivity contribution in [2.24, 2.45) is 0 Å². The molecule has 0 aliphatic heterocycles. The second-order valence-corrected chi connectivity index (χ2v) is 7.93. The number of hydrogen-bond acceptors (Lipinski definition) is 2. The zero-order chi connectivity index (χ0) is 9.07. The van der Waals surface area contributed by atoms with E-state index >= 15 is 0 Å². The van der Waals surface area contributed by atoms with Crippen molar-refractivity contribution in [1.82, 2.24) is 0 Å². The van der Waals surface area contributed by atoms with Gasteiger partial charge in [0.1, 0.15) is 6.10 Å². The van der Waals surface area contributed by atoms with Gasteiger partial charge in [-0.3, -0.25) is 0 Å². The maximum absolute atomic E-state index is 10.5. The van der Waals surface area contributed by atoms with Crippen LogP contribution in [-0.4, -0.2) is 25.5 Å². The van der Waals surface area contributed by atoms with Crippen molar-refractivity contribution < 1.29 is 14.3 Å². The minimum Gasteiger partial charge on any atom is -0.479 e. The molecule has 4 heteroatoms. The SMILES string of the molecule is CCC(O[Si](C)(C)C)C(=O)O. The minimum absolute atomic E-state index is 0.541. The summed E-state index contributed by atoms with van der Waals surface area (Å²) >= 11 is 0. The molecule has 0 aliphatic carbocycles. The molecular weight excluding hydrogens is 160 g/mol. The molecule has 0 radical (unpaired) electrons. The number of carboxylic acid groups (broad SMARTS) is 1. The van der Waals surface area contributed by atoms with E-state index in [0.29, 0.717) is 6.42 Å². The molecule has 0 bridgehead atoms. The van der Waals surface area contributed by atoms with Crippen molar-refractivity contribution in [3.8, 4) is 0 Å². The smallest absolute Gasteiger partial charge is 0.331 e. The van der Waals surface area contributed by atoms with Crippen LogP contribution in [0.1, 0.15) is 13.3 Å². The van der Waals surface area contributed by atoms with E-state index in [1.165, 1.54) is 0 Å². The Balaban J connectivity index is 3.99. The van der Waals surface area contributed by atoms with Crippen LogP contribution in [0.4, 0.5) is 0 Å². The number of hydrogen-bond donors (Lipinski definition) is 1. The normalized spacial score (nSPS) is 14.5. The van der Waals surface area contributed by atoms with Crippen molar-refractivity contribution in [2.75, 3.05) is 0 Å². The fraction of sp³-hybridized carbons (Fsp3) is 0.857. The van der Waals surface area contributed by atoms with E-state index in [1.807, 2.05) is 26.6 Å². The third kappa shape index (κ3) is 4.98. The molecule has 0 saturated heterocycles. The predicted octanol–water partition coefficient (Wildman–Crippen LogP) is 1.70. The number of carbonyl (C=O) groups is 1.